The van der Waals surface area contributed by atoms with Crippen molar-refractivity contribution in [2.24, 2.45) is 0 Å². The molecule has 1 N–H and O–H groups in total. The van der Waals surface area contributed by atoms with Crippen molar-refractivity contribution in [3.63, 3.8) is 0 Å². The van der Waals surface area contributed by atoms with Gasteiger partial charge in [-0.15, -0.1) is 0 Å². The van der Waals surface area contributed by atoms with Crippen LogP contribution in [0.4, 0.5) is 5.82 Å². The molecule has 2 aliphatic heterocycles. The molecule has 0 bridgehead atoms. The van der Waals surface area contributed by atoms with Gasteiger partial charge in [-0.05, 0) is 82.0 Å². The maximum Gasteiger partial charge on any atom is 0.243 e. The van der Waals surface area contributed by atoms with Gasteiger partial charge in [-0.25, -0.2) is 13.4 Å². The molecular formula is C28H35N3O4S. The van der Waals surface area contributed by atoms with Gasteiger partial charge >= 0.3 is 0 Å². The first-order valence-corrected chi connectivity index (χ1v) is 14.2. The standard InChI is InChI=1S/C28H35N3O4S/c1-18-8-11-24(19(2)16-18)21(4)29-27-13-9-22-17-23(10-12-25(22)30-27)36(32,33)31-20(3)6-5-7-26(31)28-34-14-15-35-28/h8-13,16-17,20-21,26,28H,5-7,14-15H2,1-4H3,(H,29,30)/t20-,21?,26-/m0/s1. The summed E-state index contributed by atoms with van der Waals surface area (Å²) in [6.07, 6.45) is 2.01. The van der Waals surface area contributed by atoms with Crippen LogP contribution in [0.1, 0.15) is 55.8 Å². The quantitative estimate of drug-likeness (QED) is 0.484. The highest BCUT2D eigenvalue weighted by molar-refractivity contribution is 7.89. The van der Waals surface area contributed by atoms with E-state index in [0.717, 1.165) is 36.0 Å². The van der Waals surface area contributed by atoms with E-state index in [1.807, 2.05) is 19.1 Å². The van der Waals surface area contributed by atoms with Gasteiger partial charge in [-0.1, -0.05) is 30.2 Å². The van der Waals surface area contributed by atoms with Gasteiger partial charge in [0.15, 0.2) is 6.29 Å². The predicted molar refractivity (Wildman–Crippen MR) is 142 cm³/mol. The number of pyridine rings is 1. The number of hydrogen-bond acceptors (Lipinski definition) is 6. The lowest BCUT2D eigenvalue weighted by Crippen LogP contribution is -2.53. The summed E-state index contributed by atoms with van der Waals surface area (Å²) < 4.78 is 40.7. The van der Waals surface area contributed by atoms with Crippen molar-refractivity contribution in [1.29, 1.82) is 0 Å². The molecule has 0 saturated carbocycles. The Kier molecular flexibility index (Phi) is 7.05. The Balaban J connectivity index is 1.40. The molecule has 0 aliphatic carbocycles. The molecule has 0 spiro atoms. The first kappa shape index (κ1) is 25.1. The zero-order valence-electron chi connectivity index (χ0n) is 21.4. The molecule has 2 aromatic carbocycles. The number of fused-ring (bicyclic) bond motifs is 1. The van der Waals surface area contributed by atoms with Crippen molar-refractivity contribution in [3.05, 3.63) is 65.2 Å². The molecule has 5 rings (SSSR count). The lowest BCUT2D eigenvalue weighted by atomic mass is 9.99. The molecule has 2 saturated heterocycles. The van der Waals surface area contributed by atoms with Gasteiger partial charge in [0, 0.05) is 11.4 Å². The number of piperidine rings is 1. The van der Waals surface area contributed by atoms with Crippen molar-refractivity contribution < 1.29 is 17.9 Å². The average Bonchev–Trinajstić information content (AvgIpc) is 3.38. The molecule has 3 heterocycles. The van der Waals surface area contributed by atoms with E-state index < -0.39 is 16.3 Å². The Morgan fingerprint density at radius 2 is 1.81 bits per heavy atom. The maximum absolute atomic E-state index is 13.8. The summed E-state index contributed by atoms with van der Waals surface area (Å²) in [4.78, 5) is 5.03. The van der Waals surface area contributed by atoms with E-state index in [1.54, 1.807) is 22.5 Å². The van der Waals surface area contributed by atoms with Crippen LogP contribution < -0.4 is 5.32 Å². The summed E-state index contributed by atoms with van der Waals surface area (Å²) in [5.41, 5.74) is 4.46. The summed E-state index contributed by atoms with van der Waals surface area (Å²) in [6.45, 7) is 9.31. The maximum atomic E-state index is 13.8. The van der Waals surface area contributed by atoms with E-state index in [0.29, 0.717) is 13.2 Å². The van der Waals surface area contributed by atoms with E-state index in [2.05, 4.69) is 44.3 Å². The molecular weight excluding hydrogens is 474 g/mol. The minimum absolute atomic E-state index is 0.0905. The topological polar surface area (TPSA) is 80.8 Å². The van der Waals surface area contributed by atoms with Crippen molar-refractivity contribution in [2.45, 2.75) is 76.3 Å². The number of sulfonamides is 1. The largest absolute Gasteiger partial charge is 0.364 e. The third kappa shape index (κ3) is 4.87. The Morgan fingerprint density at radius 1 is 1.03 bits per heavy atom. The SMILES string of the molecule is Cc1ccc(C(C)Nc2ccc3cc(S(=O)(=O)N4[C@@H](C)CCC[C@H]4C4OCCO4)ccc3n2)c(C)c1. The number of ether oxygens (including phenoxy) is 2. The number of hydrogen-bond donors (Lipinski definition) is 1. The highest BCUT2D eigenvalue weighted by atomic mass is 32.2. The van der Waals surface area contributed by atoms with Gasteiger partial charge in [0.25, 0.3) is 0 Å². The highest BCUT2D eigenvalue weighted by Crippen LogP contribution is 2.34. The normalized spacial score (nSPS) is 22.7. The second-order valence-electron chi connectivity index (χ2n) is 10.1. The van der Waals surface area contributed by atoms with E-state index in [4.69, 9.17) is 14.5 Å². The van der Waals surface area contributed by atoms with Gasteiger partial charge in [0.1, 0.15) is 5.82 Å². The van der Waals surface area contributed by atoms with E-state index in [1.165, 1.54) is 16.7 Å². The molecule has 2 aliphatic rings. The Labute approximate surface area is 213 Å². The smallest absolute Gasteiger partial charge is 0.243 e. The second-order valence-corrected chi connectivity index (χ2v) is 11.9. The van der Waals surface area contributed by atoms with Crippen LogP contribution in [0, 0.1) is 13.8 Å². The van der Waals surface area contributed by atoms with Crippen molar-refractivity contribution in [3.8, 4) is 0 Å². The van der Waals surface area contributed by atoms with Crippen molar-refractivity contribution in [1.82, 2.24) is 9.29 Å². The third-order valence-corrected chi connectivity index (χ3v) is 9.37. The second kappa shape index (κ2) is 10.1. The average molecular weight is 510 g/mol. The van der Waals surface area contributed by atoms with E-state index in [-0.39, 0.29) is 23.0 Å². The number of nitrogens with one attached hydrogen (secondary N) is 1. The van der Waals surface area contributed by atoms with Crippen LogP contribution >= 0.6 is 0 Å². The first-order chi connectivity index (χ1) is 17.2. The minimum Gasteiger partial charge on any atom is -0.364 e. The van der Waals surface area contributed by atoms with Gasteiger partial charge < -0.3 is 14.8 Å². The van der Waals surface area contributed by atoms with Crippen LogP contribution in [-0.4, -0.2) is 49.3 Å². The van der Waals surface area contributed by atoms with E-state index in [9.17, 15) is 8.42 Å². The zero-order chi connectivity index (χ0) is 25.4. The van der Waals surface area contributed by atoms with Crippen LogP contribution in [0.25, 0.3) is 10.9 Å². The highest BCUT2D eigenvalue weighted by Gasteiger charge is 2.43. The van der Waals surface area contributed by atoms with Crippen LogP contribution in [0.3, 0.4) is 0 Å². The molecule has 192 valence electrons. The summed E-state index contributed by atoms with van der Waals surface area (Å²) in [5, 5.41) is 4.27. The monoisotopic (exact) mass is 509 g/mol. The van der Waals surface area contributed by atoms with E-state index >= 15 is 0 Å². The minimum atomic E-state index is -3.73. The van der Waals surface area contributed by atoms with Gasteiger partial charge in [-0.3, -0.25) is 0 Å². The molecule has 1 aromatic heterocycles. The number of rotatable bonds is 6. The molecule has 1 unspecified atom stereocenters. The Morgan fingerprint density at radius 3 is 2.56 bits per heavy atom. The molecule has 36 heavy (non-hydrogen) atoms. The third-order valence-electron chi connectivity index (χ3n) is 7.34. The number of aromatic nitrogens is 1. The fourth-order valence-electron chi connectivity index (χ4n) is 5.55. The Bertz CT molecular complexity index is 1350. The molecule has 3 atom stereocenters. The summed E-state index contributed by atoms with van der Waals surface area (Å²) in [7, 11) is -3.73. The molecule has 0 amide bonds. The summed E-state index contributed by atoms with van der Waals surface area (Å²) in [5.74, 6) is 0.755. The number of aryl methyl sites for hydroxylation is 2. The van der Waals surface area contributed by atoms with Crippen molar-refractivity contribution in [2.75, 3.05) is 18.5 Å². The number of benzene rings is 2. The fourth-order valence-corrected chi connectivity index (χ4v) is 7.45. The van der Waals surface area contributed by atoms with Gasteiger partial charge in [0.05, 0.1) is 35.7 Å². The number of anilines is 1. The zero-order valence-corrected chi connectivity index (χ0v) is 22.2. The van der Waals surface area contributed by atoms with Crippen LogP contribution in [-0.2, 0) is 19.5 Å². The van der Waals surface area contributed by atoms with Gasteiger partial charge in [-0.2, -0.15) is 4.31 Å². The first-order valence-electron chi connectivity index (χ1n) is 12.8. The van der Waals surface area contributed by atoms with Crippen molar-refractivity contribution >= 4 is 26.7 Å². The molecule has 7 nitrogen and oxygen atoms in total. The van der Waals surface area contributed by atoms with Crippen LogP contribution in [0.15, 0.2) is 53.4 Å². The predicted octanol–water partition coefficient (Wildman–Crippen LogP) is 5.33. The fraction of sp³-hybridized carbons (Fsp3) is 0.464. The Hall–Kier alpha value is -2.52. The van der Waals surface area contributed by atoms with Gasteiger partial charge in [0.2, 0.25) is 10.0 Å². The molecule has 8 heteroatoms. The lowest BCUT2D eigenvalue weighted by Gasteiger charge is -2.41. The lowest BCUT2D eigenvalue weighted by molar-refractivity contribution is -0.0976. The molecule has 2 fully saturated rings. The summed E-state index contributed by atoms with van der Waals surface area (Å²) in [6, 6.07) is 15.1. The van der Waals surface area contributed by atoms with Crippen LogP contribution in [0.2, 0.25) is 0 Å². The number of nitrogens with zero attached hydrogens (tertiary/aromatic N) is 2. The molecule has 3 aromatic rings. The van der Waals surface area contributed by atoms with Crippen LogP contribution in [0.5, 0.6) is 0 Å². The summed E-state index contributed by atoms with van der Waals surface area (Å²) >= 11 is 0. The molecule has 0 radical (unpaired) electrons.